The predicted octanol–water partition coefficient (Wildman–Crippen LogP) is 4.49. The number of anilines is 1. The molecular weight excluding hydrogens is 407 g/mol. The Labute approximate surface area is 170 Å². The molecule has 0 fully saturated rings. The third-order valence-electron chi connectivity index (χ3n) is 3.94. The van der Waals surface area contributed by atoms with E-state index in [0.717, 1.165) is 17.1 Å². The first-order valence-corrected chi connectivity index (χ1v) is 10.8. The zero-order valence-electron chi connectivity index (χ0n) is 15.2. The largest absolute Gasteiger partial charge is 0.352 e. The van der Waals surface area contributed by atoms with Crippen molar-refractivity contribution >= 4 is 44.8 Å². The monoisotopic (exact) mass is 428 g/mol. The summed E-state index contributed by atoms with van der Waals surface area (Å²) < 4.78 is 27.3. The summed E-state index contributed by atoms with van der Waals surface area (Å²) in [4.78, 5) is 12.6. The first kappa shape index (κ1) is 21.5. The highest BCUT2D eigenvalue weighted by molar-refractivity contribution is 7.92. The summed E-state index contributed by atoms with van der Waals surface area (Å²) in [7, 11) is -3.96. The Kier molecular flexibility index (Phi) is 7.53. The summed E-state index contributed by atoms with van der Waals surface area (Å²) in [5, 5.41) is 3.34. The highest BCUT2D eigenvalue weighted by Crippen LogP contribution is 2.30. The van der Waals surface area contributed by atoms with Crippen molar-refractivity contribution in [3.8, 4) is 0 Å². The SMILES string of the molecule is CCC[C@@H](C)NC(=O)CN(c1ccc(Cl)c(Cl)c1)S(=O)(=O)c1ccccc1. The van der Waals surface area contributed by atoms with E-state index >= 15 is 0 Å². The molecule has 1 N–H and O–H groups in total. The first-order chi connectivity index (χ1) is 12.8. The normalized spacial score (nSPS) is 12.4. The van der Waals surface area contributed by atoms with Gasteiger partial charge in [0.2, 0.25) is 5.91 Å². The Morgan fingerprint density at radius 2 is 1.78 bits per heavy atom. The van der Waals surface area contributed by atoms with Crippen molar-refractivity contribution in [3.63, 3.8) is 0 Å². The molecule has 2 aromatic rings. The lowest BCUT2D eigenvalue weighted by Crippen LogP contribution is -2.43. The van der Waals surface area contributed by atoms with Crippen LogP contribution in [0.25, 0.3) is 0 Å². The number of nitrogens with zero attached hydrogens (tertiary/aromatic N) is 1. The number of sulfonamides is 1. The Balaban J connectivity index is 2.40. The van der Waals surface area contributed by atoms with E-state index in [9.17, 15) is 13.2 Å². The molecule has 1 atom stereocenters. The van der Waals surface area contributed by atoms with Crippen LogP contribution in [0.4, 0.5) is 5.69 Å². The van der Waals surface area contributed by atoms with E-state index in [-0.39, 0.29) is 34.1 Å². The quantitative estimate of drug-likeness (QED) is 0.672. The standard InChI is InChI=1S/C19H22Cl2N2O3S/c1-3-7-14(2)22-19(24)13-23(15-10-11-17(20)18(21)12-15)27(25,26)16-8-5-4-6-9-16/h4-6,8-12,14H,3,7,13H2,1-2H3,(H,22,24)/t14-/m1/s1. The predicted molar refractivity (Wildman–Crippen MR) is 110 cm³/mol. The molecule has 27 heavy (non-hydrogen) atoms. The van der Waals surface area contributed by atoms with E-state index in [1.165, 1.54) is 30.3 Å². The van der Waals surface area contributed by atoms with Crippen LogP contribution in [0, 0.1) is 0 Å². The van der Waals surface area contributed by atoms with Crippen LogP contribution < -0.4 is 9.62 Å². The number of hydrogen-bond donors (Lipinski definition) is 1. The molecule has 0 aliphatic heterocycles. The van der Waals surface area contributed by atoms with Gasteiger partial charge >= 0.3 is 0 Å². The molecule has 0 aliphatic carbocycles. The van der Waals surface area contributed by atoms with E-state index < -0.39 is 10.0 Å². The third-order valence-corrected chi connectivity index (χ3v) is 6.47. The van der Waals surface area contributed by atoms with Gasteiger partial charge in [-0.25, -0.2) is 8.42 Å². The van der Waals surface area contributed by atoms with Gasteiger partial charge in [0, 0.05) is 6.04 Å². The smallest absolute Gasteiger partial charge is 0.264 e. The maximum absolute atomic E-state index is 13.1. The number of amides is 1. The fourth-order valence-corrected chi connectivity index (χ4v) is 4.36. The number of hydrogen-bond acceptors (Lipinski definition) is 3. The lowest BCUT2D eigenvalue weighted by molar-refractivity contribution is -0.120. The number of halogens is 2. The van der Waals surface area contributed by atoms with Crippen molar-refractivity contribution in [3.05, 3.63) is 58.6 Å². The lowest BCUT2D eigenvalue weighted by Gasteiger charge is -2.25. The van der Waals surface area contributed by atoms with E-state index in [4.69, 9.17) is 23.2 Å². The zero-order valence-corrected chi connectivity index (χ0v) is 17.5. The highest BCUT2D eigenvalue weighted by atomic mass is 35.5. The molecule has 5 nitrogen and oxygen atoms in total. The van der Waals surface area contributed by atoms with Gasteiger partial charge in [-0.15, -0.1) is 0 Å². The van der Waals surface area contributed by atoms with Crippen LogP contribution in [0.3, 0.4) is 0 Å². The summed E-state index contributed by atoms with van der Waals surface area (Å²) in [5.41, 5.74) is 0.270. The lowest BCUT2D eigenvalue weighted by atomic mass is 10.2. The van der Waals surface area contributed by atoms with Gasteiger partial charge in [0.1, 0.15) is 6.54 Å². The molecule has 0 radical (unpaired) electrons. The van der Waals surface area contributed by atoms with Crippen LogP contribution >= 0.6 is 23.2 Å². The van der Waals surface area contributed by atoms with Crippen molar-refractivity contribution in [1.29, 1.82) is 0 Å². The van der Waals surface area contributed by atoms with Gasteiger partial charge in [-0.2, -0.15) is 0 Å². The van der Waals surface area contributed by atoms with Gasteiger partial charge in [-0.05, 0) is 43.7 Å². The second kappa shape index (κ2) is 9.44. The van der Waals surface area contributed by atoms with Gasteiger partial charge in [-0.1, -0.05) is 54.7 Å². The molecule has 0 bridgehead atoms. The first-order valence-electron chi connectivity index (χ1n) is 8.58. The second-order valence-electron chi connectivity index (χ2n) is 6.18. The maximum Gasteiger partial charge on any atom is 0.264 e. The molecule has 0 saturated heterocycles. The number of nitrogens with one attached hydrogen (secondary N) is 1. The Bertz CT molecular complexity index is 889. The Morgan fingerprint density at radius 3 is 2.37 bits per heavy atom. The van der Waals surface area contributed by atoms with E-state index in [1.54, 1.807) is 18.2 Å². The van der Waals surface area contributed by atoms with Crippen molar-refractivity contribution in [2.45, 2.75) is 37.6 Å². The second-order valence-corrected chi connectivity index (χ2v) is 8.86. The molecule has 0 aromatic heterocycles. The Morgan fingerprint density at radius 1 is 1.11 bits per heavy atom. The number of carbonyl (C=O) groups is 1. The van der Waals surface area contributed by atoms with E-state index in [0.29, 0.717) is 5.02 Å². The maximum atomic E-state index is 13.1. The summed E-state index contributed by atoms with van der Waals surface area (Å²) in [6.45, 7) is 3.55. The molecule has 0 spiro atoms. The van der Waals surface area contributed by atoms with Crippen molar-refractivity contribution in [1.82, 2.24) is 5.32 Å². The summed E-state index contributed by atoms with van der Waals surface area (Å²) in [6.07, 6.45) is 1.73. The van der Waals surface area contributed by atoms with Crippen LogP contribution in [0.5, 0.6) is 0 Å². The molecular formula is C19H22Cl2N2O3S. The molecule has 1 amide bonds. The molecule has 0 saturated carbocycles. The summed E-state index contributed by atoms with van der Waals surface area (Å²) in [6, 6.07) is 12.4. The zero-order chi connectivity index (χ0) is 20.0. The Hall–Kier alpha value is -1.76. The average molecular weight is 429 g/mol. The van der Waals surface area contributed by atoms with Gasteiger partial charge in [-0.3, -0.25) is 9.10 Å². The molecule has 0 unspecified atom stereocenters. The number of carbonyl (C=O) groups excluding carboxylic acids is 1. The van der Waals surface area contributed by atoms with Gasteiger partial charge in [0.25, 0.3) is 10.0 Å². The van der Waals surface area contributed by atoms with Crippen molar-refractivity contribution < 1.29 is 13.2 Å². The van der Waals surface area contributed by atoms with Crippen LogP contribution in [-0.2, 0) is 14.8 Å². The topological polar surface area (TPSA) is 66.5 Å². The molecule has 0 heterocycles. The fraction of sp³-hybridized carbons (Fsp3) is 0.316. The van der Waals surface area contributed by atoms with E-state index in [1.807, 2.05) is 13.8 Å². The molecule has 146 valence electrons. The number of rotatable bonds is 8. The van der Waals surface area contributed by atoms with Crippen LogP contribution in [0.1, 0.15) is 26.7 Å². The molecule has 2 aromatic carbocycles. The minimum atomic E-state index is -3.96. The van der Waals surface area contributed by atoms with Gasteiger partial charge in [0.05, 0.1) is 20.6 Å². The minimum absolute atomic E-state index is 0.0439. The van der Waals surface area contributed by atoms with Crippen LogP contribution in [-0.4, -0.2) is 26.9 Å². The summed E-state index contributed by atoms with van der Waals surface area (Å²) >= 11 is 12.0. The van der Waals surface area contributed by atoms with E-state index in [2.05, 4.69) is 5.32 Å². The van der Waals surface area contributed by atoms with Crippen LogP contribution in [0.15, 0.2) is 53.4 Å². The highest BCUT2D eigenvalue weighted by Gasteiger charge is 2.27. The molecule has 0 aliphatic rings. The van der Waals surface area contributed by atoms with Gasteiger partial charge in [0.15, 0.2) is 0 Å². The minimum Gasteiger partial charge on any atom is -0.352 e. The molecule has 8 heteroatoms. The average Bonchev–Trinajstić information content (AvgIpc) is 2.63. The molecule has 2 rings (SSSR count). The van der Waals surface area contributed by atoms with Crippen molar-refractivity contribution in [2.75, 3.05) is 10.8 Å². The van der Waals surface area contributed by atoms with Crippen LogP contribution in [0.2, 0.25) is 10.0 Å². The summed E-state index contributed by atoms with van der Waals surface area (Å²) in [5.74, 6) is -0.387. The van der Waals surface area contributed by atoms with Gasteiger partial charge < -0.3 is 5.32 Å². The number of benzene rings is 2. The van der Waals surface area contributed by atoms with Crippen molar-refractivity contribution in [2.24, 2.45) is 0 Å². The third kappa shape index (κ3) is 5.61. The fourth-order valence-electron chi connectivity index (χ4n) is 2.63.